The van der Waals surface area contributed by atoms with Crippen LogP contribution in [0.1, 0.15) is 36.8 Å². The number of hydrogen-bond acceptors (Lipinski definition) is 5. The van der Waals surface area contributed by atoms with Crippen LogP contribution in [0, 0.1) is 23.2 Å². The van der Waals surface area contributed by atoms with Gasteiger partial charge >= 0.3 is 0 Å². The molecule has 7 nitrogen and oxygen atoms in total. The molecule has 138 valence electrons. The monoisotopic (exact) mass is 363 g/mol. The lowest BCUT2D eigenvalue weighted by molar-refractivity contribution is -0.119. The molecule has 1 fully saturated rings. The molecule has 27 heavy (non-hydrogen) atoms. The topological polar surface area (TPSA) is 102 Å². The standard InChI is InChI=1S/C20H21N5O2/c1-12-6-5-9-25(11-12)20-23-17-16(19(27)24-20)15(13-7-3-2-4-8-13)14(10-21)18(26)22-17/h2-4,7-8,12,14-15H,5-6,9,11H2,1H3,(H2,22,23,24,26,27)/t12-,14+,15+/m1/s1. The maximum Gasteiger partial charge on any atom is 0.258 e. The van der Waals surface area contributed by atoms with Gasteiger partial charge in [0.05, 0.1) is 11.6 Å². The number of aromatic nitrogens is 2. The van der Waals surface area contributed by atoms with Crippen LogP contribution in [-0.4, -0.2) is 29.0 Å². The Morgan fingerprint density at radius 3 is 2.74 bits per heavy atom. The van der Waals surface area contributed by atoms with E-state index in [1.807, 2.05) is 30.3 Å². The Morgan fingerprint density at radius 2 is 2.04 bits per heavy atom. The fraction of sp³-hybridized carbons (Fsp3) is 0.400. The molecule has 0 saturated carbocycles. The van der Waals surface area contributed by atoms with Crippen molar-refractivity contribution in [3.8, 4) is 6.07 Å². The van der Waals surface area contributed by atoms with E-state index in [1.54, 1.807) is 0 Å². The molecule has 3 atom stereocenters. The largest absolute Gasteiger partial charge is 0.342 e. The Hall–Kier alpha value is -3.14. The maximum absolute atomic E-state index is 13.0. The molecule has 1 aromatic carbocycles. The molecule has 2 aromatic rings. The minimum Gasteiger partial charge on any atom is -0.342 e. The van der Waals surface area contributed by atoms with Gasteiger partial charge in [0, 0.05) is 19.0 Å². The number of benzene rings is 1. The molecule has 2 aliphatic rings. The first-order valence-corrected chi connectivity index (χ1v) is 9.23. The van der Waals surface area contributed by atoms with Crippen molar-refractivity contribution in [2.24, 2.45) is 11.8 Å². The van der Waals surface area contributed by atoms with E-state index in [1.165, 1.54) is 0 Å². The number of fused-ring (bicyclic) bond motifs is 1. The molecule has 0 radical (unpaired) electrons. The van der Waals surface area contributed by atoms with Crippen LogP contribution in [0.3, 0.4) is 0 Å². The van der Waals surface area contributed by atoms with Gasteiger partial charge in [-0.05, 0) is 24.3 Å². The normalized spacial score (nSPS) is 24.7. The Balaban J connectivity index is 1.82. The molecular weight excluding hydrogens is 342 g/mol. The van der Waals surface area contributed by atoms with Gasteiger partial charge in [-0.15, -0.1) is 0 Å². The Morgan fingerprint density at radius 1 is 1.26 bits per heavy atom. The molecule has 3 heterocycles. The summed E-state index contributed by atoms with van der Waals surface area (Å²) >= 11 is 0. The Labute approximate surface area is 157 Å². The minimum atomic E-state index is -0.969. The highest BCUT2D eigenvalue weighted by Crippen LogP contribution is 2.38. The number of nitrogens with one attached hydrogen (secondary N) is 2. The number of aromatic amines is 1. The second-order valence-electron chi connectivity index (χ2n) is 7.33. The summed E-state index contributed by atoms with van der Waals surface area (Å²) in [6.45, 7) is 3.81. The summed E-state index contributed by atoms with van der Waals surface area (Å²) in [5.74, 6) is -0.760. The highest BCUT2D eigenvalue weighted by molar-refractivity contribution is 5.97. The molecule has 0 aliphatic carbocycles. The molecule has 0 unspecified atom stereocenters. The number of carbonyl (C=O) groups is 1. The first kappa shape index (κ1) is 17.3. The number of carbonyl (C=O) groups excluding carboxylic acids is 1. The number of H-pyrrole nitrogens is 1. The van der Waals surface area contributed by atoms with Gasteiger partial charge in [0.25, 0.3) is 5.56 Å². The molecule has 7 heteroatoms. The average molecular weight is 363 g/mol. The number of rotatable bonds is 2. The molecule has 0 bridgehead atoms. The van der Waals surface area contributed by atoms with Crippen molar-refractivity contribution in [3.63, 3.8) is 0 Å². The van der Waals surface area contributed by atoms with Crippen LogP contribution in [0.25, 0.3) is 0 Å². The van der Waals surface area contributed by atoms with Crippen LogP contribution in [0.4, 0.5) is 11.8 Å². The maximum atomic E-state index is 13.0. The summed E-state index contributed by atoms with van der Waals surface area (Å²) in [6, 6.07) is 11.2. The highest BCUT2D eigenvalue weighted by Gasteiger charge is 2.40. The lowest BCUT2D eigenvalue weighted by Crippen LogP contribution is -2.41. The van der Waals surface area contributed by atoms with E-state index in [2.05, 4.69) is 33.2 Å². The van der Waals surface area contributed by atoms with Gasteiger partial charge in [-0.3, -0.25) is 14.6 Å². The van der Waals surface area contributed by atoms with Gasteiger partial charge in [-0.1, -0.05) is 37.3 Å². The Bertz CT molecular complexity index is 963. The van der Waals surface area contributed by atoms with Crippen molar-refractivity contribution in [1.82, 2.24) is 9.97 Å². The second-order valence-corrected chi connectivity index (χ2v) is 7.33. The summed E-state index contributed by atoms with van der Waals surface area (Å²) in [5.41, 5.74) is 0.801. The van der Waals surface area contributed by atoms with Crippen LogP contribution < -0.4 is 15.8 Å². The van der Waals surface area contributed by atoms with E-state index < -0.39 is 17.7 Å². The van der Waals surface area contributed by atoms with Gasteiger partial charge in [-0.25, -0.2) is 0 Å². The summed E-state index contributed by atoms with van der Waals surface area (Å²) < 4.78 is 0. The van der Waals surface area contributed by atoms with Crippen LogP contribution >= 0.6 is 0 Å². The quantitative estimate of drug-likeness (QED) is 0.852. The van der Waals surface area contributed by atoms with Crippen molar-refractivity contribution >= 4 is 17.7 Å². The summed E-state index contributed by atoms with van der Waals surface area (Å²) in [6.07, 6.45) is 2.19. The fourth-order valence-electron chi connectivity index (χ4n) is 4.05. The third kappa shape index (κ3) is 3.08. The van der Waals surface area contributed by atoms with E-state index in [0.717, 1.165) is 31.5 Å². The zero-order valence-electron chi connectivity index (χ0n) is 15.1. The van der Waals surface area contributed by atoms with Crippen LogP contribution in [0.2, 0.25) is 0 Å². The van der Waals surface area contributed by atoms with Crippen molar-refractivity contribution in [1.29, 1.82) is 5.26 Å². The number of nitriles is 1. The van der Waals surface area contributed by atoms with Gasteiger partial charge < -0.3 is 10.2 Å². The van der Waals surface area contributed by atoms with Crippen molar-refractivity contribution in [2.45, 2.75) is 25.7 Å². The zero-order valence-corrected chi connectivity index (χ0v) is 15.1. The number of amides is 1. The fourth-order valence-corrected chi connectivity index (χ4v) is 4.05. The van der Waals surface area contributed by atoms with E-state index in [4.69, 9.17) is 0 Å². The third-order valence-electron chi connectivity index (χ3n) is 5.37. The average Bonchev–Trinajstić information content (AvgIpc) is 2.67. The summed E-state index contributed by atoms with van der Waals surface area (Å²) in [5, 5.41) is 12.2. The lowest BCUT2D eigenvalue weighted by atomic mass is 9.79. The smallest absolute Gasteiger partial charge is 0.258 e. The SMILES string of the molecule is C[C@@H]1CCCN(c2nc3c(c(=O)[nH]2)[C@@H](c2ccccc2)[C@H](C#N)C(=O)N3)C1. The van der Waals surface area contributed by atoms with E-state index in [0.29, 0.717) is 17.4 Å². The third-order valence-corrected chi connectivity index (χ3v) is 5.37. The number of nitrogens with zero attached hydrogens (tertiary/aromatic N) is 3. The molecule has 1 saturated heterocycles. The first-order valence-electron chi connectivity index (χ1n) is 9.23. The first-order chi connectivity index (χ1) is 13.1. The Kier molecular flexibility index (Phi) is 4.40. The summed E-state index contributed by atoms with van der Waals surface area (Å²) in [4.78, 5) is 35.0. The summed E-state index contributed by atoms with van der Waals surface area (Å²) in [7, 11) is 0. The van der Waals surface area contributed by atoms with Crippen molar-refractivity contribution in [2.75, 3.05) is 23.3 Å². The molecule has 1 aromatic heterocycles. The second kappa shape index (κ2) is 6.88. The number of anilines is 2. The predicted molar refractivity (Wildman–Crippen MR) is 101 cm³/mol. The predicted octanol–water partition coefficient (Wildman–Crippen LogP) is 2.23. The van der Waals surface area contributed by atoms with Crippen LogP contribution in [-0.2, 0) is 4.79 Å². The van der Waals surface area contributed by atoms with Gasteiger partial charge in [-0.2, -0.15) is 10.2 Å². The van der Waals surface area contributed by atoms with Gasteiger partial charge in [0.2, 0.25) is 11.9 Å². The van der Waals surface area contributed by atoms with E-state index in [-0.39, 0.29) is 11.4 Å². The highest BCUT2D eigenvalue weighted by atomic mass is 16.2. The number of piperidine rings is 1. The number of hydrogen-bond donors (Lipinski definition) is 2. The molecular formula is C20H21N5O2. The van der Waals surface area contributed by atoms with Crippen LogP contribution in [0.5, 0.6) is 0 Å². The van der Waals surface area contributed by atoms with E-state index >= 15 is 0 Å². The van der Waals surface area contributed by atoms with Crippen molar-refractivity contribution < 1.29 is 4.79 Å². The van der Waals surface area contributed by atoms with Gasteiger partial charge in [0.1, 0.15) is 11.7 Å². The van der Waals surface area contributed by atoms with Crippen molar-refractivity contribution in [3.05, 3.63) is 51.8 Å². The molecule has 4 rings (SSSR count). The zero-order chi connectivity index (χ0) is 19.0. The van der Waals surface area contributed by atoms with Gasteiger partial charge in [0.15, 0.2) is 0 Å². The lowest BCUT2D eigenvalue weighted by Gasteiger charge is -2.33. The molecule has 2 N–H and O–H groups in total. The minimum absolute atomic E-state index is 0.261. The van der Waals surface area contributed by atoms with Crippen LogP contribution in [0.15, 0.2) is 35.1 Å². The molecule has 2 aliphatic heterocycles. The molecule has 1 amide bonds. The molecule has 0 spiro atoms. The van der Waals surface area contributed by atoms with E-state index in [9.17, 15) is 14.9 Å².